The Hall–Kier alpha value is -1.39. The third-order valence-corrected chi connectivity index (χ3v) is 4.03. The van der Waals surface area contributed by atoms with Crippen molar-refractivity contribution in [2.45, 2.75) is 25.5 Å². The van der Waals surface area contributed by atoms with Crippen molar-refractivity contribution in [2.75, 3.05) is 0 Å². The lowest BCUT2D eigenvalue weighted by Crippen LogP contribution is -2.24. The van der Waals surface area contributed by atoms with Gasteiger partial charge < -0.3 is 10.5 Å². The molecule has 1 aliphatic heterocycles. The molecule has 3 nitrogen and oxygen atoms in total. The number of pyridine rings is 1. The molecule has 1 aromatic carbocycles. The first-order chi connectivity index (χ1) is 9.15. The maximum atomic E-state index is 6.26. The Labute approximate surface area is 120 Å². The number of nitrogens with zero attached hydrogens (tertiary/aromatic N) is 1. The van der Waals surface area contributed by atoms with Crippen molar-refractivity contribution in [1.29, 1.82) is 0 Å². The van der Waals surface area contributed by atoms with Gasteiger partial charge >= 0.3 is 0 Å². The molecule has 19 heavy (non-hydrogen) atoms. The van der Waals surface area contributed by atoms with E-state index < -0.39 is 0 Å². The molecular formula is C15H15BrN2O. The fraction of sp³-hybridized carbons (Fsp3) is 0.267. The molecule has 2 atom stereocenters. The van der Waals surface area contributed by atoms with E-state index in [9.17, 15) is 0 Å². The van der Waals surface area contributed by atoms with Gasteiger partial charge in [0.2, 0.25) is 0 Å². The molecule has 2 aromatic rings. The zero-order chi connectivity index (χ0) is 13.4. The zero-order valence-corrected chi connectivity index (χ0v) is 12.2. The van der Waals surface area contributed by atoms with Gasteiger partial charge in [-0.15, -0.1) is 0 Å². The lowest BCUT2D eigenvalue weighted by atomic mass is 9.93. The number of ether oxygens (including phenoxy) is 1. The largest absolute Gasteiger partial charge is 0.485 e. The summed E-state index contributed by atoms with van der Waals surface area (Å²) in [7, 11) is 0. The van der Waals surface area contributed by atoms with Gasteiger partial charge in [0.05, 0.1) is 0 Å². The number of fused-ring (bicyclic) bond motifs is 1. The molecule has 0 fully saturated rings. The van der Waals surface area contributed by atoms with Gasteiger partial charge in [-0.25, -0.2) is 0 Å². The van der Waals surface area contributed by atoms with Crippen molar-refractivity contribution in [2.24, 2.45) is 5.73 Å². The van der Waals surface area contributed by atoms with E-state index in [1.807, 2.05) is 30.5 Å². The Morgan fingerprint density at radius 1 is 1.32 bits per heavy atom. The maximum absolute atomic E-state index is 6.26. The van der Waals surface area contributed by atoms with E-state index in [0.717, 1.165) is 27.8 Å². The Kier molecular flexibility index (Phi) is 3.29. The van der Waals surface area contributed by atoms with E-state index in [1.165, 1.54) is 5.56 Å². The molecule has 0 saturated heterocycles. The Balaban J connectivity index is 1.99. The monoisotopic (exact) mass is 318 g/mol. The lowest BCUT2D eigenvalue weighted by molar-refractivity contribution is 0.160. The van der Waals surface area contributed by atoms with Crippen LogP contribution in [0.3, 0.4) is 0 Å². The molecule has 0 spiro atoms. The second kappa shape index (κ2) is 4.94. The summed E-state index contributed by atoms with van der Waals surface area (Å²) in [6.45, 7) is 2.07. The van der Waals surface area contributed by atoms with Gasteiger partial charge in [-0.05, 0) is 30.7 Å². The van der Waals surface area contributed by atoms with Crippen LogP contribution >= 0.6 is 15.9 Å². The minimum absolute atomic E-state index is 0.00135. The molecule has 2 N–H and O–H groups in total. The first-order valence-electron chi connectivity index (χ1n) is 6.27. The molecule has 1 aromatic heterocycles. The summed E-state index contributed by atoms with van der Waals surface area (Å²) in [5.74, 6) is 0.862. The summed E-state index contributed by atoms with van der Waals surface area (Å²) in [5.41, 5.74) is 9.63. The fourth-order valence-corrected chi connectivity index (χ4v) is 2.82. The van der Waals surface area contributed by atoms with Crippen LogP contribution in [0.5, 0.6) is 5.75 Å². The van der Waals surface area contributed by atoms with E-state index in [4.69, 9.17) is 10.5 Å². The normalized spacial score (nSPS) is 21.6. The van der Waals surface area contributed by atoms with Crippen LogP contribution in [0.1, 0.15) is 35.3 Å². The van der Waals surface area contributed by atoms with E-state index in [-0.39, 0.29) is 12.1 Å². The van der Waals surface area contributed by atoms with E-state index >= 15 is 0 Å². The molecule has 2 heterocycles. The van der Waals surface area contributed by atoms with Crippen LogP contribution in [0.4, 0.5) is 0 Å². The number of hydrogen-bond donors (Lipinski definition) is 1. The predicted octanol–water partition coefficient (Wildman–Crippen LogP) is 3.68. The van der Waals surface area contributed by atoms with Gasteiger partial charge in [-0.1, -0.05) is 22.0 Å². The number of hydrogen-bond acceptors (Lipinski definition) is 3. The summed E-state index contributed by atoms with van der Waals surface area (Å²) < 4.78 is 7.10. The van der Waals surface area contributed by atoms with Gasteiger partial charge in [0.15, 0.2) is 0 Å². The zero-order valence-electron chi connectivity index (χ0n) is 10.6. The average Bonchev–Trinajstić information content (AvgIpc) is 2.38. The Morgan fingerprint density at radius 3 is 2.95 bits per heavy atom. The van der Waals surface area contributed by atoms with Crippen LogP contribution in [-0.4, -0.2) is 4.98 Å². The maximum Gasteiger partial charge on any atom is 0.127 e. The van der Waals surface area contributed by atoms with Gasteiger partial charge in [0, 0.05) is 40.5 Å². The second-order valence-electron chi connectivity index (χ2n) is 4.86. The van der Waals surface area contributed by atoms with Crippen LogP contribution in [0.25, 0.3) is 0 Å². The van der Waals surface area contributed by atoms with Crippen LogP contribution in [0.15, 0.2) is 41.1 Å². The van der Waals surface area contributed by atoms with Crippen molar-refractivity contribution in [3.05, 3.63) is 57.8 Å². The summed E-state index contributed by atoms with van der Waals surface area (Å²) in [5, 5.41) is 0. The minimum Gasteiger partial charge on any atom is -0.485 e. The van der Waals surface area contributed by atoms with E-state index in [0.29, 0.717) is 0 Å². The second-order valence-corrected chi connectivity index (χ2v) is 5.78. The third-order valence-electron chi connectivity index (χ3n) is 3.54. The molecule has 3 rings (SSSR count). The molecule has 98 valence electrons. The molecule has 0 radical (unpaired) electrons. The summed E-state index contributed by atoms with van der Waals surface area (Å²) >= 11 is 3.47. The fourth-order valence-electron chi connectivity index (χ4n) is 2.48. The molecule has 2 unspecified atom stereocenters. The molecule has 0 aliphatic carbocycles. The Morgan fingerprint density at radius 2 is 2.16 bits per heavy atom. The highest BCUT2D eigenvalue weighted by Gasteiger charge is 2.28. The van der Waals surface area contributed by atoms with Crippen LogP contribution < -0.4 is 10.5 Å². The number of benzene rings is 1. The number of aromatic nitrogens is 1. The van der Waals surface area contributed by atoms with Crippen molar-refractivity contribution in [3.63, 3.8) is 0 Å². The molecule has 0 amide bonds. The van der Waals surface area contributed by atoms with Crippen molar-refractivity contribution < 1.29 is 4.74 Å². The summed E-state index contributed by atoms with van der Waals surface area (Å²) in [6, 6.07) is 8.00. The number of rotatable bonds is 1. The van der Waals surface area contributed by atoms with Crippen molar-refractivity contribution in [1.82, 2.24) is 4.98 Å². The molecule has 0 saturated carbocycles. The first kappa shape index (κ1) is 12.6. The smallest absolute Gasteiger partial charge is 0.127 e. The molecular weight excluding hydrogens is 304 g/mol. The SMILES string of the molecule is Cc1ccncc1C1CC(N)c2ccc(Br)cc2O1. The van der Waals surface area contributed by atoms with Crippen LogP contribution in [-0.2, 0) is 0 Å². The highest BCUT2D eigenvalue weighted by atomic mass is 79.9. The molecule has 0 bridgehead atoms. The topological polar surface area (TPSA) is 48.1 Å². The van der Waals surface area contributed by atoms with Crippen molar-refractivity contribution in [3.8, 4) is 5.75 Å². The highest BCUT2D eigenvalue weighted by molar-refractivity contribution is 9.10. The van der Waals surface area contributed by atoms with E-state index in [1.54, 1.807) is 6.20 Å². The molecule has 1 aliphatic rings. The van der Waals surface area contributed by atoms with E-state index in [2.05, 4.69) is 27.8 Å². The van der Waals surface area contributed by atoms with Crippen molar-refractivity contribution >= 4 is 15.9 Å². The van der Waals surface area contributed by atoms with Crippen LogP contribution in [0, 0.1) is 6.92 Å². The summed E-state index contributed by atoms with van der Waals surface area (Å²) in [6.07, 6.45) is 4.42. The lowest BCUT2D eigenvalue weighted by Gasteiger charge is -2.31. The predicted molar refractivity (Wildman–Crippen MR) is 78.0 cm³/mol. The average molecular weight is 319 g/mol. The van der Waals surface area contributed by atoms with Crippen LogP contribution in [0.2, 0.25) is 0 Å². The number of nitrogens with two attached hydrogens (primary N) is 1. The van der Waals surface area contributed by atoms with Gasteiger partial charge in [-0.3, -0.25) is 4.98 Å². The Bertz CT molecular complexity index is 615. The minimum atomic E-state index is -0.0227. The molecule has 4 heteroatoms. The first-order valence-corrected chi connectivity index (χ1v) is 7.06. The third kappa shape index (κ3) is 2.38. The van der Waals surface area contributed by atoms with Gasteiger partial charge in [0.25, 0.3) is 0 Å². The highest BCUT2D eigenvalue weighted by Crippen LogP contribution is 2.41. The quantitative estimate of drug-likeness (QED) is 0.872. The standard InChI is InChI=1S/C15H15BrN2O/c1-9-4-5-18-8-12(9)15-7-13(17)11-3-2-10(16)6-14(11)19-15/h2-6,8,13,15H,7,17H2,1H3. The van der Waals surface area contributed by atoms with Gasteiger partial charge in [0.1, 0.15) is 11.9 Å². The number of aryl methyl sites for hydroxylation is 1. The number of halogens is 1. The summed E-state index contributed by atoms with van der Waals surface area (Å²) in [4.78, 5) is 4.19. The van der Waals surface area contributed by atoms with Gasteiger partial charge in [-0.2, -0.15) is 0 Å².